The van der Waals surface area contributed by atoms with Gasteiger partial charge in [-0.25, -0.2) is 8.42 Å². The molecular formula is C12H15ClN2O4S. The number of carbonyl (C=O) groups is 1. The molecule has 1 aliphatic heterocycles. The highest BCUT2D eigenvalue weighted by Gasteiger charge is 2.25. The Morgan fingerprint density at radius 2 is 2.20 bits per heavy atom. The van der Waals surface area contributed by atoms with Crippen LogP contribution in [0.1, 0.15) is 18.4 Å². The summed E-state index contributed by atoms with van der Waals surface area (Å²) < 4.78 is 29.3. The first kappa shape index (κ1) is 15.2. The number of nitrogens with one attached hydrogen (secondary N) is 2. The maximum atomic E-state index is 12.1. The predicted molar refractivity (Wildman–Crippen MR) is 73.6 cm³/mol. The molecule has 1 unspecified atom stereocenters. The highest BCUT2D eigenvalue weighted by atomic mass is 35.5. The normalized spacial score (nSPS) is 19.0. The first-order chi connectivity index (χ1) is 9.40. The van der Waals surface area contributed by atoms with E-state index >= 15 is 0 Å². The number of hydrogen-bond acceptors (Lipinski definition) is 4. The van der Waals surface area contributed by atoms with Crippen molar-refractivity contribution in [2.75, 3.05) is 6.61 Å². The summed E-state index contributed by atoms with van der Waals surface area (Å²) in [5.41, 5.74) is 2.67. The molecule has 0 saturated carbocycles. The Bertz CT molecular complexity index is 612. The smallest absolute Gasteiger partial charge is 0.264 e. The van der Waals surface area contributed by atoms with Gasteiger partial charge in [-0.15, -0.1) is 4.83 Å². The van der Waals surface area contributed by atoms with Crippen LogP contribution in [0.5, 0.6) is 0 Å². The molecule has 1 saturated heterocycles. The van der Waals surface area contributed by atoms with Crippen LogP contribution in [0.2, 0.25) is 5.02 Å². The summed E-state index contributed by atoms with van der Waals surface area (Å²) in [5.74, 6) is -0.488. The topological polar surface area (TPSA) is 84.5 Å². The molecule has 0 radical (unpaired) electrons. The Balaban J connectivity index is 2.05. The van der Waals surface area contributed by atoms with Crippen molar-refractivity contribution in [1.29, 1.82) is 0 Å². The van der Waals surface area contributed by atoms with Gasteiger partial charge in [-0.2, -0.15) is 0 Å². The minimum atomic E-state index is -3.83. The third kappa shape index (κ3) is 3.49. The van der Waals surface area contributed by atoms with Gasteiger partial charge in [-0.1, -0.05) is 11.6 Å². The number of hydrazine groups is 1. The van der Waals surface area contributed by atoms with Crippen molar-refractivity contribution in [3.8, 4) is 0 Å². The lowest BCUT2D eigenvalue weighted by molar-refractivity contribution is -0.130. The van der Waals surface area contributed by atoms with Crippen LogP contribution in [0.4, 0.5) is 0 Å². The maximum absolute atomic E-state index is 12.1. The van der Waals surface area contributed by atoms with Gasteiger partial charge in [0.1, 0.15) is 6.10 Å². The fourth-order valence-electron chi connectivity index (χ4n) is 1.95. The molecule has 8 heteroatoms. The number of sulfonamides is 1. The zero-order valence-electron chi connectivity index (χ0n) is 10.8. The zero-order chi connectivity index (χ0) is 14.8. The summed E-state index contributed by atoms with van der Waals surface area (Å²) in [6, 6.07) is 4.40. The lowest BCUT2D eigenvalue weighted by Gasteiger charge is -2.13. The first-order valence-electron chi connectivity index (χ1n) is 6.09. The summed E-state index contributed by atoms with van der Waals surface area (Å²) in [5, 5.41) is 0.449. The number of amides is 1. The summed E-state index contributed by atoms with van der Waals surface area (Å²) in [6.45, 7) is 2.14. The molecule has 1 atom stereocenters. The molecule has 2 N–H and O–H groups in total. The molecule has 1 fully saturated rings. The van der Waals surface area contributed by atoms with Crippen molar-refractivity contribution in [3.05, 3.63) is 28.8 Å². The van der Waals surface area contributed by atoms with Crippen LogP contribution < -0.4 is 10.3 Å². The second-order valence-corrected chi connectivity index (χ2v) is 6.59. The molecular weight excluding hydrogens is 304 g/mol. The van der Waals surface area contributed by atoms with Crippen LogP contribution in [0.25, 0.3) is 0 Å². The second-order valence-electron chi connectivity index (χ2n) is 4.51. The number of halogens is 1. The minimum Gasteiger partial charge on any atom is -0.368 e. The van der Waals surface area contributed by atoms with Crippen LogP contribution in [0.15, 0.2) is 23.1 Å². The summed E-state index contributed by atoms with van der Waals surface area (Å²) >= 11 is 5.78. The van der Waals surface area contributed by atoms with E-state index in [0.29, 0.717) is 23.6 Å². The monoisotopic (exact) mass is 318 g/mol. The standard InChI is InChI=1S/C12H15ClN2O4S/c1-8-7-9(13)4-5-11(8)20(17,18)15-14-12(16)10-3-2-6-19-10/h4-5,7,10,15H,2-3,6H2,1H3,(H,14,16). The molecule has 0 spiro atoms. The lowest BCUT2D eigenvalue weighted by atomic mass is 10.2. The fourth-order valence-corrected chi connectivity index (χ4v) is 3.25. The van der Waals surface area contributed by atoms with Gasteiger partial charge in [0.05, 0.1) is 4.90 Å². The zero-order valence-corrected chi connectivity index (χ0v) is 12.4. The van der Waals surface area contributed by atoms with E-state index < -0.39 is 22.0 Å². The Labute approximate surface area is 122 Å². The van der Waals surface area contributed by atoms with E-state index in [0.717, 1.165) is 6.42 Å². The average molecular weight is 319 g/mol. The molecule has 20 heavy (non-hydrogen) atoms. The predicted octanol–water partition coefficient (Wildman–Crippen LogP) is 1.14. The number of rotatable bonds is 4. The third-order valence-corrected chi connectivity index (χ3v) is 4.60. The van der Waals surface area contributed by atoms with Gasteiger partial charge in [-0.3, -0.25) is 10.2 Å². The second kappa shape index (κ2) is 6.09. The molecule has 1 aromatic rings. The molecule has 1 aromatic carbocycles. The molecule has 0 aromatic heterocycles. The largest absolute Gasteiger partial charge is 0.368 e. The molecule has 0 bridgehead atoms. The number of benzene rings is 1. The maximum Gasteiger partial charge on any atom is 0.264 e. The van der Waals surface area contributed by atoms with Gasteiger partial charge >= 0.3 is 0 Å². The number of ether oxygens (including phenoxy) is 1. The van der Waals surface area contributed by atoms with Gasteiger partial charge in [0.25, 0.3) is 15.9 Å². The molecule has 1 aliphatic rings. The van der Waals surface area contributed by atoms with E-state index in [-0.39, 0.29) is 4.90 Å². The molecule has 1 amide bonds. The van der Waals surface area contributed by atoms with Crippen LogP contribution in [-0.2, 0) is 19.6 Å². The van der Waals surface area contributed by atoms with E-state index in [1.54, 1.807) is 6.92 Å². The van der Waals surface area contributed by atoms with Crippen LogP contribution >= 0.6 is 11.6 Å². The van der Waals surface area contributed by atoms with Crippen LogP contribution in [0.3, 0.4) is 0 Å². The van der Waals surface area contributed by atoms with Crippen LogP contribution in [-0.4, -0.2) is 27.0 Å². The van der Waals surface area contributed by atoms with Gasteiger partial charge in [0, 0.05) is 11.6 Å². The molecule has 1 heterocycles. The first-order valence-corrected chi connectivity index (χ1v) is 7.96. The Hall–Kier alpha value is -1.15. The van der Waals surface area contributed by atoms with Gasteiger partial charge in [0.2, 0.25) is 0 Å². The van der Waals surface area contributed by atoms with Gasteiger partial charge in [0.15, 0.2) is 0 Å². The average Bonchev–Trinajstić information content (AvgIpc) is 2.89. The van der Waals surface area contributed by atoms with E-state index in [9.17, 15) is 13.2 Å². The van der Waals surface area contributed by atoms with Crippen molar-refractivity contribution in [1.82, 2.24) is 10.3 Å². The van der Waals surface area contributed by atoms with E-state index in [1.807, 2.05) is 0 Å². The summed E-state index contributed by atoms with van der Waals surface area (Å²) in [4.78, 5) is 13.8. The molecule has 110 valence electrons. The van der Waals surface area contributed by atoms with Crippen molar-refractivity contribution < 1.29 is 17.9 Å². The van der Waals surface area contributed by atoms with Crippen molar-refractivity contribution in [3.63, 3.8) is 0 Å². The Morgan fingerprint density at radius 1 is 1.45 bits per heavy atom. The fraction of sp³-hybridized carbons (Fsp3) is 0.417. The van der Waals surface area contributed by atoms with Gasteiger partial charge < -0.3 is 4.74 Å². The van der Waals surface area contributed by atoms with E-state index in [1.165, 1.54) is 18.2 Å². The summed E-state index contributed by atoms with van der Waals surface area (Å²) in [6.07, 6.45) is 0.790. The number of hydrogen-bond donors (Lipinski definition) is 2. The Kier molecular flexibility index (Phi) is 4.64. The van der Waals surface area contributed by atoms with Crippen LogP contribution in [0, 0.1) is 6.92 Å². The summed E-state index contributed by atoms with van der Waals surface area (Å²) in [7, 11) is -3.83. The van der Waals surface area contributed by atoms with Gasteiger partial charge in [-0.05, 0) is 43.5 Å². The number of aryl methyl sites for hydroxylation is 1. The quantitative estimate of drug-likeness (QED) is 0.815. The van der Waals surface area contributed by atoms with E-state index in [2.05, 4.69) is 10.3 Å². The highest BCUT2D eigenvalue weighted by molar-refractivity contribution is 7.89. The van der Waals surface area contributed by atoms with E-state index in [4.69, 9.17) is 16.3 Å². The SMILES string of the molecule is Cc1cc(Cl)ccc1S(=O)(=O)NNC(=O)C1CCCO1. The van der Waals surface area contributed by atoms with Crippen molar-refractivity contribution in [2.24, 2.45) is 0 Å². The molecule has 2 rings (SSSR count). The van der Waals surface area contributed by atoms with Crippen molar-refractivity contribution in [2.45, 2.75) is 30.8 Å². The minimum absolute atomic E-state index is 0.0644. The lowest BCUT2D eigenvalue weighted by Crippen LogP contribution is -2.46. The molecule has 6 nitrogen and oxygen atoms in total. The number of carbonyl (C=O) groups excluding carboxylic acids is 1. The van der Waals surface area contributed by atoms with Crippen molar-refractivity contribution >= 4 is 27.5 Å². The third-order valence-electron chi connectivity index (χ3n) is 2.96. The Morgan fingerprint density at radius 3 is 2.80 bits per heavy atom. The highest BCUT2D eigenvalue weighted by Crippen LogP contribution is 2.19. The molecule has 0 aliphatic carbocycles.